The van der Waals surface area contributed by atoms with E-state index in [4.69, 9.17) is 37.0 Å². The fourth-order valence-corrected chi connectivity index (χ4v) is 15.0. The molecule has 0 aliphatic rings. The first kappa shape index (κ1) is 104. The number of aliphatic hydroxyl groups is 1. The van der Waals surface area contributed by atoms with Gasteiger partial charge in [0.25, 0.3) is 0 Å². The number of carbonyl (C=O) groups excluding carboxylic acids is 4. The minimum atomic E-state index is -4.97. The van der Waals surface area contributed by atoms with Crippen LogP contribution in [0.25, 0.3) is 0 Å². The topological polar surface area (TPSA) is 237 Å². The van der Waals surface area contributed by atoms with Gasteiger partial charge >= 0.3 is 39.5 Å². The smallest absolute Gasteiger partial charge is 0.462 e. The predicted octanol–water partition coefficient (Wildman–Crippen LogP) is 26.3. The lowest BCUT2D eigenvalue weighted by molar-refractivity contribution is -0.161. The molecule has 0 aliphatic carbocycles. The van der Waals surface area contributed by atoms with Crippen molar-refractivity contribution in [2.24, 2.45) is 23.7 Å². The van der Waals surface area contributed by atoms with Gasteiger partial charge in [0.1, 0.15) is 19.3 Å². The molecule has 0 aromatic rings. The second kappa shape index (κ2) is 75.7. The van der Waals surface area contributed by atoms with Gasteiger partial charge in [-0.25, -0.2) is 9.13 Å². The molecule has 0 saturated heterocycles. The summed E-state index contributed by atoms with van der Waals surface area (Å²) in [6.45, 7) is 14.4. The first-order valence-electron chi connectivity index (χ1n) is 44.8. The summed E-state index contributed by atoms with van der Waals surface area (Å²) >= 11 is 0. The highest BCUT2D eigenvalue weighted by molar-refractivity contribution is 7.47. The third-order valence-corrected chi connectivity index (χ3v) is 22.9. The highest BCUT2D eigenvalue weighted by Gasteiger charge is 2.31. The van der Waals surface area contributed by atoms with Crippen LogP contribution in [-0.4, -0.2) is 96.7 Å². The number of hydrogen-bond donors (Lipinski definition) is 3. The molecule has 106 heavy (non-hydrogen) atoms. The molecule has 0 amide bonds. The number of phosphoric ester groups is 2. The van der Waals surface area contributed by atoms with Crippen LogP contribution in [-0.2, 0) is 65.4 Å². The third kappa shape index (κ3) is 77.4. The second-order valence-corrected chi connectivity index (χ2v) is 35.6. The van der Waals surface area contributed by atoms with E-state index in [1.807, 2.05) is 0 Å². The fraction of sp³-hybridized carbons (Fsp3) is 0.954. The number of ether oxygens (including phenoxy) is 4. The summed E-state index contributed by atoms with van der Waals surface area (Å²) in [5.41, 5.74) is 0. The first-order valence-corrected chi connectivity index (χ1v) is 47.8. The van der Waals surface area contributed by atoms with Crippen LogP contribution in [0, 0.1) is 23.7 Å². The Bertz CT molecular complexity index is 2060. The highest BCUT2D eigenvalue weighted by atomic mass is 31.2. The molecule has 0 aromatic heterocycles. The van der Waals surface area contributed by atoms with Crippen molar-refractivity contribution in [2.75, 3.05) is 39.6 Å². The Kier molecular flexibility index (Phi) is 74.3. The van der Waals surface area contributed by atoms with Crippen LogP contribution in [0.2, 0.25) is 0 Å². The molecule has 0 radical (unpaired) electrons. The van der Waals surface area contributed by atoms with Crippen molar-refractivity contribution in [1.29, 1.82) is 0 Å². The summed E-state index contributed by atoms with van der Waals surface area (Å²) in [6.07, 6.45) is 65.3. The molecular weight excluding hydrogens is 1380 g/mol. The standard InChI is InChI=1S/C87H170O17P2/c1-9-79(7)65-57-49-41-35-29-23-17-13-11-12-14-18-24-31-37-43-53-61-70-87(92)104-83(74-98-85(90)68-60-52-46-45-50-58-66-80(8)10-2)76-102-106(95,96)100-72-81(88)71-99-105(93,94)101-75-82(73-97-84(89)67-59-51-42-36-30-26-20-22-28-34-40-48-56-64-78(5)6)103-86(91)69-62-54-44-38-32-25-19-15-16-21-27-33-39-47-55-63-77(3)4/h77-83,88H,9-76H2,1-8H3,(H,93,94)(H,95,96)/t79?,80?,81-,82-,83-/m1/s1. The van der Waals surface area contributed by atoms with Crippen LogP contribution in [0.4, 0.5) is 0 Å². The van der Waals surface area contributed by atoms with Gasteiger partial charge in [-0.2, -0.15) is 0 Å². The molecule has 19 heteroatoms. The van der Waals surface area contributed by atoms with Gasteiger partial charge in [0.15, 0.2) is 12.2 Å². The molecule has 630 valence electrons. The third-order valence-electron chi connectivity index (χ3n) is 21.0. The van der Waals surface area contributed by atoms with Gasteiger partial charge in [-0.05, 0) is 49.4 Å². The van der Waals surface area contributed by atoms with Gasteiger partial charge in [0, 0.05) is 25.7 Å². The predicted molar refractivity (Wildman–Crippen MR) is 437 cm³/mol. The molecule has 17 nitrogen and oxygen atoms in total. The van der Waals surface area contributed by atoms with Crippen molar-refractivity contribution in [1.82, 2.24) is 0 Å². The Morgan fingerprint density at radius 3 is 0.670 bits per heavy atom. The van der Waals surface area contributed by atoms with Crippen molar-refractivity contribution < 1.29 is 80.2 Å². The number of aliphatic hydroxyl groups excluding tert-OH is 1. The molecule has 4 unspecified atom stereocenters. The van der Waals surface area contributed by atoms with Crippen LogP contribution in [0.15, 0.2) is 0 Å². The van der Waals surface area contributed by atoms with Crippen molar-refractivity contribution in [2.45, 2.75) is 472 Å². The molecule has 0 aromatic carbocycles. The molecule has 0 saturated carbocycles. The van der Waals surface area contributed by atoms with Crippen molar-refractivity contribution >= 4 is 39.5 Å². The normalized spacial score (nSPS) is 14.4. The van der Waals surface area contributed by atoms with Gasteiger partial charge in [-0.3, -0.25) is 37.3 Å². The largest absolute Gasteiger partial charge is 0.472 e. The lowest BCUT2D eigenvalue weighted by atomic mass is 9.99. The maximum absolute atomic E-state index is 13.1. The quantitative estimate of drug-likeness (QED) is 0.0222. The van der Waals surface area contributed by atoms with E-state index in [1.165, 1.54) is 250 Å². The zero-order valence-corrected chi connectivity index (χ0v) is 71.9. The average molecular weight is 1550 g/mol. The monoisotopic (exact) mass is 1550 g/mol. The molecule has 7 atom stereocenters. The molecule has 0 rings (SSSR count). The molecule has 0 bridgehead atoms. The van der Waals surface area contributed by atoms with Crippen LogP contribution in [0.1, 0.15) is 453 Å². The molecule has 0 heterocycles. The number of unbranched alkanes of at least 4 members (excludes halogenated alkanes) is 48. The summed E-state index contributed by atoms with van der Waals surface area (Å²) in [4.78, 5) is 73.2. The maximum Gasteiger partial charge on any atom is 0.472 e. The Morgan fingerprint density at radius 2 is 0.453 bits per heavy atom. The number of rotatable bonds is 84. The second-order valence-electron chi connectivity index (χ2n) is 32.7. The van der Waals surface area contributed by atoms with Gasteiger partial charge in [0.2, 0.25) is 0 Å². The minimum absolute atomic E-state index is 0.107. The minimum Gasteiger partial charge on any atom is -0.462 e. The van der Waals surface area contributed by atoms with Crippen LogP contribution >= 0.6 is 15.6 Å². The SMILES string of the molecule is CCC(C)CCCCCCCCCCCCCCCCCCCCC(=O)O[C@H](COC(=O)CCCCCCCCC(C)CC)COP(=O)(O)OC[C@H](O)COP(=O)(O)OC[C@@H](COC(=O)CCCCCCCCCCCCCCCC(C)C)OC(=O)CCCCCCCCCCCCCCCCCC(C)C. The maximum atomic E-state index is 13.1. The summed E-state index contributed by atoms with van der Waals surface area (Å²) in [7, 11) is -9.93. The van der Waals surface area contributed by atoms with E-state index in [-0.39, 0.29) is 25.7 Å². The van der Waals surface area contributed by atoms with Crippen molar-refractivity contribution in [3.63, 3.8) is 0 Å². The first-order chi connectivity index (χ1) is 51.2. The van der Waals surface area contributed by atoms with E-state index < -0.39 is 97.5 Å². The molecule has 3 N–H and O–H groups in total. The Balaban J connectivity index is 5.21. The Morgan fingerprint density at radius 1 is 0.264 bits per heavy atom. The lowest BCUT2D eigenvalue weighted by Gasteiger charge is -2.21. The van der Waals surface area contributed by atoms with E-state index in [0.717, 1.165) is 120 Å². The van der Waals surface area contributed by atoms with Gasteiger partial charge in [0.05, 0.1) is 26.4 Å². The summed E-state index contributed by atoms with van der Waals surface area (Å²) in [5.74, 6) is 1.09. The number of esters is 4. The number of carbonyl (C=O) groups is 4. The molecule has 0 fully saturated rings. The number of hydrogen-bond acceptors (Lipinski definition) is 15. The van der Waals surface area contributed by atoms with E-state index in [1.54, 1.807) is 0 Å². The lowest BCUT2D eigenvalue weighted by Crippen LogP contribution is -2.30. The van der Waals surface area contributed by atoms with Crippen molar-refractivity contribution in [3.05, 3.63) is 0 Å². The number of phosphoric acid groups is 2. The van der Waals surface area contributed by atoms with Crippen LogP contribution < -0.4 is 0 Å². The van der Waals surface area contributed by atoms with E-state index in [0.29, 0.717) is 25.7 Å². The zero-order valence-electron chi connectivity index (χ0n) is 70.1. The molecule has 0 aliphatic heterocycles. The van der Waals surface area contributed by atoms with E-state index in [9.17, 15) is 43.2 Å². The van der Waals surface area contributed by atoms with Gasteiger partial charge < -0.3 is 33.8 Å². The van der Waals surface area contributed by atoms with Crippen molar-refractivity contribution in [3.8, 4) is 0 Å². The summed E-state index contributed by atoms with van der Waals surface area (Å²) in [5, 5.41) is 10.7. The Labute approximate surface area is 651 Å². The summed E-state index contributed by atoms with van der Waals surface area (Å²) in [6, 6.07) is 0. The average Bonchev–Trinajstić information content (AvgIpc) is 0.891. The highest BCUT2D eigenvalue weighted by Crippen LogP contribution is 2.45. The molecule has 0 spiro atoms. The van der Waals surface area contributed by atoms with Crippen LogP contribution in [0.5, 0.6) is 0 Å². The zero-order chi connectivity index (χ0) is 78.1. The van der Waals surface area contributed by atoms with E-state index in [2.05, 4.69) is 55.4 Å². The molecular formula is C87H170O17P2. The van der Waals surface area contributed by atoms with Gasteiger partial charge in [-0.1, -0.05) is 402 Å². The van der Waals surface area contributed by atoms with E-state index >= 15 is 0 Å². The summed E-state index contributed by atoms with van der Waals surface area (Å²) < 4.78 is 68.9. The Hall–Kier alpha value is -1.94. The van der Waals surface area contributed by atoms with Crippen LogP contribution in [0.3, 0.4) is 0 Å². The van der Waals surface area contributed by atoms with Gasteiger partial charge in [-0.15, -0.1) is 0 Å². The fourth-order valence-electron chi connectivity index (χ4n) is 13.4.